The van der Waals surface area contributed by atoms with Gasteiger partial charge in [0.2, 0.25) is 0 Å². The van der Waals surface area contributed by atoms with Crippen molar-refractivity contribution in [1.82, 2.24) is 0 Å². The Morgan fingerprint density at radius 2 is 2.07 bits per heavy atom. The summed E-state index contributed by atoms with van der Waals surface area (Å²) in [6, 6.07) is 8.35. The normalized spacial score (nSPS) is 12.2. The molecule has 0 saturated carbocycles. The topological polar surface area (TPSA) is 12.0 Å². The van der Waals surface area contributed by atoms with Crippen molar-refractivity contribution < 1.29 is 0 Å². The van der Waals surface area contributed by atoms with E-state index in [1.807, 2.05) is 13.0 Å². The summed E-state index contributed by atoms with van der Waals surface area (Å²) in [5.74, 6) is 0.577. The summed E-state index contributed by atoms with van der Waals surface area (Å²) in [6.45, 7) is 6.34. The molecule has 0 fully saturated rings. The second-order valence-corrected chi connectivity index (χ2v) is 4.19. The molecule has 0 aliphatic rings. The first-order chi connectivity index (χ1) is 6.65. The van der Waals surface area contributed by atoms with Crippen LogP contribution in [-0.2, 0) is 0 Å². The Bertz CT molecular complexity index is 320. The van der Waals surface area contributed by atoms with Gasteiger partial charge in [-0.1, -0.05) is 44.3 Å². The van der Waals surface area contributed by atoms with Crippen LogP contribution in [0.4, 0.5) is 5.69 Å². The zero-order chi connectivity index (χ0) is 10.6. The molecule has 76 valence electrons. The summed E-state index contributed by atoms with van der Waals surface area (Å²) >= 11 is 5.05. The Hall–Kier alpha value is -0.890. The number of anilines is 1. The zero-order valence-electron chi connectivity index (χ0n) is 9.00. The largest absolute Gasteiger partial charge is 0.350 e. The Kier molecular flexibility index (Phi) is 4.08. The van der Waals surface area contributed by atoms with E-state index in [2.05, 4.69) is 37.4 Å². The highest BCUT2D eigenvalue weighted by molar-refractivity contribution is 7.80. The van der Waals surface area contributed by atoms with Crippen LogP contribution in [0, 0.1) is 0 Å². The molecular weight excluding hydrogens is 190 g/mol. The van der Waals surface area contributed by atoms with E-state index >= 15 is 0 Å². The van der Waals surface area contributed by atoms with Crippen molar-refractivity contribution in [3.05, 3.63) is 29.8 Å². The van der Waals surface area contributed by atoms with Gasteiger partial charge in [0.05, 0.1) is 4.99 Å². The van der Waals surface area contributed by atoms with E-state index in [1.54, 1.807) is 0 Å². The van der Waals surface area contributed by atoms with Gasteiger partial charge in [-0.15, -0.1) is 0 Å². The fraction of sp³-hybridized carbons (Fsp3) is 0.417. The highest BCUT2D eigenvalue weighted by atomic mass is 32.1. The molecule has 1 aromatic carbocycles. The van der Waals surface area contributed by atoms with Crippen LogP contribution in [0.5, 0.6) is 0 Å². The minimum atomic E-state index is 0.577. The Labute approximate surface area is 91.5 Å². The summed E-state index contributed by atoms with van der Waals surface area (Å²) in [5.41, 5.74) is 2.49. The van der Waals surface area contributed by atoms with Gasteiger partial charge in [-0.05, 0) is 30.9 Å². The smallest absolute Gasteiger partial charge is 0.0765 e. The van der Waals surface area contributed by atoms with Crippen LogP contribution in [0.25, 0.3) is 0 Å². The molecule has 1 nitrogen and oxygen atoms in total. The van der Waals surface area contributed by atoms with E-state index < -0.39 is 0 Å². The molecule has 1 atom stereocenters. The molecule has 0 aromatic heterocycles. The fourth-order valence-corrected chi connectivity index (χ4v) is 1.56. The number of benzene rings is 1. The molecule has 0 aliphatic heterocycles. The van der Waals surface area contributed by atoms with Gasteiger partial charge in [0.25, 0.3) is 0 Å². The number of para-hydroxylation sites is 1. The predicted octanol–water partition coefficient (Wildman–Crippen LogP) is 3.96. The molecule has 0 aliphatic carbocycles. The van der Waals surface area contributed by atoms with E-state index in [0.717, 1.165) is 17.1 Å². The summed E-state index contributed by atoms with van der Waals surface area (Å²) in [6.07, 6.45) is 1.15. The third kappa shape index (κ3) is 2.81. The Morgan fingerprint density at radius 1 is 1.43 bits per heavy atom. The predicted molar refractivity (Wildman–Crippen MR) is 67.0 cm³/mol. The van der Waals surface area contributed by atoms with E-state index in [9.17, 15) is 0 Å². The zero-order valence-corrected chi connectivity index (χ0v) is 9.82. The van der Waals surface area contributed by atoms with Crippen LogP contribution < -0.4 is 5.32 Å². The summed E-state index contributed by atoms with van der Waals surface area (Å²) < 4.78 is 0. The van der Waals surface area contributed by atoms with Gasteiger partial charge in [-0.2, -0.15) is 0 Å². The van der Waals surface area contributed by atoms with Gasteiger partial charge in [-0.3, -0.25) is 0 Å². The molecule has 0 bridgehead atoms. The maximum Gasteiger partial charge on any atom is 0.0765 e. The molecular formula is C12H17NS. The molecule has 14 heavy (non-hydrogen) atoms. The van der Waals surface area contributed by atoms with Gasteiger partial charge in [-0.25, -0.2) is 0 Å². The highest BCUT2D eigenvalue weighted by Gasteiger charge is 2.07. The molecule has 1 unspecified atom stereocenters. The number of rotatable bonds is 3. The van der Waals surface area contributed by atoms with Gasteiger partial charge in [0, 0.05) is 5.69 Å². The fourth-order valence-electron chi connectivity index (χ4n) is 1.45. The second-order valence-electron chi connectivity index (χ2n) is 3.58. The number of hydrogen-bond donors (Lipinski definition) is 1. The minimum absolute atomic E-state index is 0.577. The lowest BCUT2D eigenvalue weighted by Crippen LogP contribution is -2.07. The molecule has 1 N–H and O–H groups in total. The lowest BCUT2D eigenvalue weighted by molar-refractivity contribution is 0.736. The summed E-state index contributed by atoms with van der Waals surface area (Å²) in [5, 5.41) is 3.22. The minimum Gasteiger partial charge on any atom is -0.350 e. The number of hydrogen-bond acceptors (Lipinski definition) is 1. The number of nitrogens with one attached hydrogen (secondary N) is 1. The average Bonchev–Trinajstić information content (AvgIpc) is 2.16. The van der Waals surface area contributed by atoms with Crippen LogP contribution in [-0.4, -0.2) is 4.99 Å². The lowest BCUT2D eigenvalue weighted by atomic mass is 9.97. The second kappa shape index (κ2) is 5.11. The first-order valence-corrected chi connectivity index (χ1v) is 5.42. The van der Waals surface area contributed by atoms with Crippen molar-refractivity contribution in [2.75, 3.05) is 5.32 Å². The molecule has 0 saturated heterocycles. The molecule has 0 amide bonds. The van der Waals surface area contributed by atoms with Gasteiger partial charge in [0.1, 0.15) is 0 Å². The molecule has 1 rings (SSSR count). The molecule has 0 heterocycles. The maximum absolute atomic E-state index is 5.05. The Morgan fingerprint density at radius 3 is 2.64 bits per heavy atom. The van der Waals surface area contributed by atoms with Crippen LogP contribution in [0.2, 0.25) is 0 Å². The van der Waals surface area contributed by atoms with Gasteiger partial charge in [0.15, 0.2) is 0 Å². The quantitative estimate of drug-likeness (QED) is 0.753. The van der Waals surface area contributed by atoms with Crippen molar-refractivity contribution >= 4 is 22.9 Å². The van der Waals surface area contributed by atoms with E-state index in [4.69, 9.17) is 12.2 Å². The van der Waals surface area contributed by atoms with E-state index in [0.29, 0.717) is 5.92 Å². The third-order valence-corrected chi connectivity index (χ3v) is 2.52. The monoisotopic (exact) mass is 207 g/mol. The van der Waals surface area contributed by atoms with Crippen LogP contribution in [0.3, 0.4) is 0 Å². The van der Waals surface area contributed by atoms with Crippen molar-refractivity contribution in [3.8, 4) is 0 Å². The Balaban J connectivity index is 2.96. The van der Waals surface area contributed by atoms with E-state index in [1.165, 1.54) is 5.56 Å². The summed E-state index contributed by atoms with van der Waals surface area (Å²) in [7, 11) is 0. The standard InChI is InChI=1S/C12H17NS/c1-4-9(2)11-7-5-6-8-12(11)13-10(3)14/h5-9H,4H2,1-3H3,(H,13,14). The first-order valence-electron chi connectivity index (χ1n) is 5.01. The van der Waals surface area contributed by atoms with Crippen molar-refractivity contribution in [2.24, 2.45) is 0 Å². The van der Waals surface area contributed by atoms with Crippen LogP contribution >= 0.6 is 12.2 Å². The lowest BCUT2D eigenvalue weighted by Gasteiger charge is -2.15. The van der Waals surface area contributed by atoms with Crippen molar-refractivity contribution in [2.45, 2.75) is 33.1 Å². The van der Waals surface area contributed by atoms with Crippen LogP contribution in [0.15, 0.2) is 24.3 Å². The first kappa shape index (κ1) is 11.2. The molecule has 0 radical (unpaired) electrons. The highest BCUT2D eigenvalue weighted by Crippen LogP contribution is 2.26. The molecule has 2 heteroatoms. The summed E-state index contributed by atoms with van der Waals surface area (Å²) in [4.78, 5) is 0.820. The molecule has 1 aromatic rings. The SMILES string of the molecule is CCC(C)c1ccccc1NC(C)=S. The van der Waals surface area contributed by atoms with E-state index in [-0.39, 0.29) is 0 Å². The van der Waals surface area contributed by atoms with Crippen molar-refractivity contribution in [1.29, 1.82) is 0 Å². The third-order valence-electron chi connectivity index (χ3n) is 2.41. The average molecular weight is 207 g/mol. The van der Waals surface area contributed by atoms with Crippen molar-refractivity contribution in [3.63, 3.8) is 0 Å². The maximum atomic E-state index is 5.05. The molecule has 0 spiro atoms. The van der Waals surface area contributed by atoms with Crippen LogP contribution in [0.1, 0.15) is 38.7 Å². The van der Waals surface area contributed by atoms with Gasteiger partial charge < -0.3 is 5.32 Å². The van der Waals surface area contributed by atoms with Gasteiger partial charge >= 0.3 is 0 Å². The number of thiocarbonyl (C=S) groups is 1.